The summed E-state index contributed by atoms with van der Waals surface area (Å²) in [6.45, 7) is 0. The van der Waals surface area contributed by atoms with Crippen molar-refractivity contribution in [3.05, 3.63) is 96.2 Å². The molecule has 3 aromatic carbocycles. The largest absolute Gasteiger partial charge is 0.325 e. The predicted octanol–water partition coefficient (Wildman–Crippen LogP) is 5.07. The highest BCUT2D eigenvalue weighted by atomic mass is 32.1. The van der Waals surface area contributed by atoms with E-state index < -0.39 is 0 Å². The van der Waals surface area contributed by atoms with E-state index in [4.69, 9.17) is 0 Å². The Hall–Kier alpha value is -2.98. The van der Waals surface area contributed by atoms with Gasteiger partial charge in [0.05, 0.1) is 10.6 Å². The van der Waals surface area contributed by atoms with Crippen molar-refractivity contribution >= 4 is 33.2 Å². The molecule has 25 heavy (non-hydrogen) atoms. The Bertz CT molecular complexity index is 957. The number of carbonyl (C=O) groups excluding carboxylic acids is 1. The molecule has 0 spiro atoms. The third-order valence-corrected chi connectivity index (χ3v) is 4.93. The molecule has 1 amide bonds. The number of benzene rings is 3. The van der Waals surface area contributed by atoms with E-state index in [1.54, 1.807) is 0 Å². The summed E-state index contributed by atoms with van der Waals surface area (Å²) >= 11 is 1.45. The maximum Gasteiger partial charge on any atom is 0.236 e. The van der Waals surface area contributed by atoms with Crippen LogP contribution in [0.3, 0.4) is 0 Å². The van der Waals surface area contributed by atoms with Crippen molar-refractivity contribution in [2.45, 2.75) is 5.92 Å². The summed E-state index contributed by atoms with van der Waals surface area (Å²) in [6, 6.07) is 25.6. The molecule has 1 aromatic heterocycles. The molecular formula is C21H16N2OS. The Balaban J connectivity index is 1.68. The molecule has 4 heteroatoms. The van der Waals surface area contributed by atoms with E-state index in [0.717, 1.165) is 26.9 Å². The van der Waals surface area contributed by atoms with Crippen LogP contribution in [0.4, 0.5) is 5.69 Å². The van der Waals surface area contributed by atoms with Gasteiger partial charge in [-0.05, 0) is 40.9 Å². The van der Waals surface area contributed by atoms with Crippen LogP contribution >= 0.6 is 11.5 Å². The van der Waals surface area contributed by atoms with Gasteiger partial charge >= 0.3 is 0 Å². The van der Waals surface area contributed by atoms with Crippen molar-refractivity contribution in [2.24, 2.45) is 0 Å². The van der Waals surface area contributed by atoms with Gasteiger partial charge in [-0.25, -0.2) is 0 Å². The van der Waals surface area contributed by atoms with Crippen molar-refractivity contribution in [1.29, 1.82) is 0 Å². The topological polar surface area (TPSA) is 42.0 Å². The quantitative estimate of drug-likeness (QED) is 0.562. The average molecular weight is 344 g/mol. The monoisotopic (exact) mass is 344 g/mol. The lowest BCUT2D eigenvalue weighted by molar-refractivity contribution is -0.116. The number of hydrogen-bond donors (Lipinski definition) is 1. The van der Waals surface area contributed by atoms with Gasteiger partial charge in [-0.3, -0.25) is 4.79 Å². The first-order valence-electron chi connectivity index (χ1n) is 8.06. The van der Waals surface area contributed by atoms with Crippen LogP contribution in [0.2, 0.25) is 0 Å². The van der Waals surface area contributed by atoms with Crippen molar-refractivity contribution in [1.82, 2.24) is 4.37 Å². The normalized spacial score (nSPS) is 10.9. The second-order valence-corrected chi connectivity index (χ2v) is 6.66. The van der Waals surface area contributed by atoms with Crippen molar-refractivity contribution in [2.75, 3.05) is 5.32 Å². The maximum absolute atomic E-state index is 13.1. The molecule has 0 aliphatic rings. The minimum absolute atomic E-state index is 0.0417. The highest BCUT2D eigenvalue weighted by Gasteiger charge is 2.22. The summed E-state index contributed by atoms with van der Waals surface area (Å²) in [7, 11) is 0. The molecule has 1 heterocycles. The number of aromatic nitrogens is 1. The van der Waals surface area contributed by atoms with E-state index in [0.29, 0.717) is 0 Å². The van der Waals surface area contributed by atoms with Crippen LogP contribution in [0.1, 0.15) is 17.0 Å². The highest BCUT2D eigenvalue weighted by Crippen LogP contribution is 2.27. The van der Waals surface area contributed by atoms with Gasteiger partial charge in [0.2, 0.25) is 5.91 Å². The zero-order valence-corrected chi connectivity index (χ0v) is 14.2. The third kappa shape index (κ3) is 3.30. The van der Waals surface area contributed by atoms with Crippen molar-refractivity contribution < 1.29 is 4.79 Å². The van der Waals surface area contributed by atoms with E-state index in [1.165, 1.54) is 11.5 Å². The van der Waals surface area contributed by atoms with Crippen LogP contribution in [0, 0.1) is 0 Å². The molecule has 0 aliphatic carbocycles. The molecule has 0 unspecified atom stereocenters. The van der Waals surface area contributed by atoms with Crippen LogP contribution in [0.15, 0.2) is 85.1 Å². The maximum atomic E-state index is 13.1. The number of amides is 1. The predicted molar refractivity (Wildman–Crippen MR) is 103 cm³/mol. The van der Waals surface area contributed by atoms with Gasteiger partial charge in [0, 0.05) is 17.3 Å². The van der Waals surface area contributed by atoms with Gasteiger partial charge in [0.15, 0.2) is 0 Å². The molecule has 0 aliphatic heterocycles. The average Bonchev–Trinajstić information content (AvgIpc) is 3.11. The smallest absolute Gasteiger partial charge is 0.236 e. The summed E-state index contributed by atoms with van der Waals surface area (Å²) in [5.74, 6) is -0.390. The van der Waals surface area contributed by atoms with E-state index in [9.17, 15) is 4.79 Å². The molecule has 0 fully saturated rings. The van der Waals surface area contributed by atoms with Crippen molar-refractivity contribution in [3.63, 3.8) is 0 Å². The second kappa shape index (κ2) is 6.87. The second-order valence-electron chi connectivity index (χ2n) is 5.82. The fourth-order valence-electron chi connectivity index (χ4n) is 2.95. The lowest BCUT2D eigenvalue weighted by atomic mass is 9.90. The molecule has 0 atom stereocenters. The molecular weight excluding hydrogens is 328 g/mol. The van der Waals surface area contributed by atoms with Crippen LogP contribution in [0.25, 0.3) is 10.1 Å². The van der Waals surface area contributed by atoms with E-state index in [1.807, 2.05) is 85.1 Å². The summed E-state index contributed by atoms with van der Waals surface area (Å²) in [4.78, 5) is 13.1. The van der Waals surface area contributed by atoms with E-state index in [-0.39, 0.29) is 11.8 Å². The molecule has 4 rings (SSSR count). The van der Waals surface area contributed by atoms with Gasteiger partial charge in [-0.2, -0.15) is 4.37 Å². The zero-order valence-electron chi connectivity index (χ0n) is 13.4. The summed E-state index contributed by atoms with van der Waals surface area (Å²) in [5.41, 5.74) is 2.74. The molecule has 1 N–H and O–H groups in total. The highest BCUT2D eigenvalue weighted by molar-refractivity contribution is 7.13. The molecule has 0 bridgehead atoms. The lowest BCUT2D eigenvalue weighted by Gasteiger charge is -2.18. The first kappa shape index (κ1) is 15.5. The molecule has 3 nitrogen and oxygen atoms in total. The van der Waals surface area contributed by atoms with Gasteiger partial charge in [-0.1, -0.05) is 60.7 Å². The third-order valence-electron chi connectivity index (χ3n) is 4.15. The fraction of sp³-hybridized carbons (Fsp3) is 0.0476. The Labute approximate surface area is 150 Å². The minimum atomic E-state index is -0.348. The number of nitrogens with one attached hydrogen (secondary N) is 1. The van der Waals surface area contributed by atoms with Crippen LogP contribution in [0.5, 0.6) is 0 Å². The Morgan fingerprint density at radius 1 is 0.880 bits per heavy atom. The fourth-order valence-corrected chi connectivity index (χ4v) is 3.58. The molecule has 4 aromatic rings. The van der Waals surface area contributed by atoms with Gasteiger partial charge in [0.25, 0.3) is 0 Å². The van der Waals surface area contributed by atoms with Gasteiger partial charge in [0.1, 0.15) is 0 Å². The minimum Gasteiger partial charge on any atom is -0.325 e. The van der Waals surface area contributed by atoms with Crippen LogP contribution in [-0.2, 0) is 4.79 Å². The zero-order chi connectivity index (χ0) is 17.1. The molecule has 0 saturated heterocycles. The Morgan fingerprint density at radius 3 is 2.16 bits per heavy atom. The van der Waals surface area contributed by atoms with Crippen LogP contribution < -0.4 is 5.32 Å². The number of nitrogens with zero attached hydrogens (tertiary/aromatic N) is 1. The standard InChI is InChI=1S/C21H16N2OS/c24-21(23-18-11-12-19-17(13-18)14-22-25-19)20(15-7-3-1-4-8-15)16-9-5-2-6-10-16/h1-14,20H,(H,23,24). The summed E-state index contributed by atoms with van der Waals surface area (Å²) < 4.78 is 5.29. The molecule has 122 valence electrons. The number of rotatable bonds is 4. The SMILES string of the molecule is O=C(Nc1ccc2sncc2c1)C(c1ccccc1)c1ccccc1. The molecule has 0 saturated carbocycles. The number of carbonyl (C=O) groups is 1. The Morgan fingerprint density at radius 2 is 1.52 bits per heavy atom. The Kier molecular flexibility index (Phi) is 4.27. The van der Waals surface area contributed by atoms with Gasteiger partial charge < -0.3 is 5.32 Å². The number of anilines is 1. The van der Waals surface area contributed by atoms with E-state index in [2.05, 4.69) is 9.69 Å². The summed E-state index contributed by atoms with van der Waals surface area (Å²) in [6.07, 6.45) is 1.82. The van der Waals surface area contributed by atoms with E-state index >= 15 is 0 Å². The van der Waals surface area contributed by atoms with Crippen LogP contribution in [-0.4, -0.2) is 10.3 Å². The lowest BCUT2D eigenvalue weighted by Crippen LogP contribution is -2.22. The first-order valence-corrected chi connectivity index (χ1v) is 8.84. The summed E-state index contributed by atoms with van der Waals surface area (Å²) in [5, 5.41) is 4.10. The van der Waals surface area contributed by atoms with Gasteiger partial charge in [-0.15, -0.1) is 0 Å². The first-order chi connectivity index (χ1) is 12.3. The number of hydrogen-bond acceptors (Lipinski definition) is 3. The van der Waals surface area contributed by atoms with Crippen molar-refractivity contribution in [3.8, 4) is 0 Å². The number of fused-ring (bicyclic) bond motifs is 1. The molecule has 0 radical (unpaired) electrons.